The fourth-order valence-corrected chi connectivity index (χ4v) is 2.73. The summed E-state index contributed by atoms with van der Waals surface area (Å²) in [5.74, 6) is -0.147. The molecule has 0 saturated carbocycles. The largest absolute Gasteiger partial charge is 0.463 e. The maximum absolute atomic E-state index is 11.7. The number of nitrogens with one attached hydrogen (secondary N) is 1. The lowest BCUT2D eigenvalue weighted by Crippen LogP contribution is -2.34. The number of esters is 1. The Morgan fingerprint density at radius 3 is 1.87 bits per heavy atom. The van der Waals surface area contributed by atoms with Crippen LogP contribution >= 0.6 is 0 Å². The SMILES string of the molecule is CCCCCCCCCCCC(=O)OCCOCCOCCNC(=O)OC(C)(C)C. The Labute approximate surface area is 183 Å². The van der Waals surface area contributed by atoms with E-state index < -0.39 is 11.7 Å². The Morgan fingerprint density at radius 1 is 0.733 bits per heavy atom. The minimum Gasteiger partial charge on any atom is -0.463 e. The number of alkyl carbamates (subject to hydrolysis) is 1. The number of amides is 1. The molecule has 0 rings (SSSR count). The summed E-state index contributed by atoms with van der Waals surface area (Å²) in [5, 5.41) is 2.62. The zero-order chi connectivity index (χ0) is 22.5. The zero-order valence-electron chi connectivity index (χ0n) is 19.8. The van der Waals surface area contributed by atoms with Crippen molar-refractivity contribution in [2.24, 2.45) is 0 Å². The van der Waals surface area contributed by atoms with Crippen LogP contribution in [-0.4, -0.2) is 57.2 Å². The highest BCUT2D eigenvalue weighted by Crippen LogP contribution is 2.10. The number of carbonyl (C=O) groups is 2. The van der Waals surface area contributed by atoms with Gasteiger partial charge >= 0.3 is 12.1 Å². The maximum Gasteiger partial charge on any atom is 0.407 e. The van der Waals surface area contributed by atoms with E-state index >= 15 is 0 Å². The first-order valence-corrected chi connectivity index (χ1v) is 11.6. The van der Waals surface area contributed by atoms with Gasteiger partial charge in [-0.1, -0.05) is 58.3 Å². The lowest BCUT2D eigenvalue weighted by Gasteiger charge is -2.19. The van der Waals surface area contributed by atoms with Crippen LogP contribution in [0.1, 0.15) is 91.9 Å². The molecule has 30 heavy (non-hydrogen) atoms. The molecular formula is C23H45NO6. The lowest BCUT2D eigenvalue weighted by atomic mass is 10.1. The third kappa shape index (κ3) is 22.9. The fourth-order valence-electron chi connectivity index (χ4n) is 2.73. The number of hydrogen-bond donors (Lipinski definition) is 1. The summed E-state index contributed by atoms with van der Waals surface area (Å²) in [6, 6.07) is 0. The number of hydrogen-bond acceptors (Lipinski definition) is 6. The van der Waals surface area contributed by atoms with Crippen molar-refractivity contribution in [1.29, 1.82) is 0 Å². The van der Waals surface area contributed by atoms with Crippen LogP contribution in [0.4, 0.5) is 4.79 Å². The Kier molecular flexibility index (Phi) is 18.7. The van der Waals surface area contributed by atoms with Crippen LogP contribution in [-0.2, 0) is 23.7 Å². The monoisotopic (exact) mass is 431 g/mol. The summed E-state index contributed by atoms with van der Waals surface area (Å²) in [4.78, 5) is 23.1. The molecule has 0 radical (unpaired) electrons. The van der Waals surface area contributed by atoms with E-state index in [0.717, 1.165) is 12.8 Å². The van der Waals surface area contributed by atoms with Gasteiger partial charge in [0.1, 0.15) is 12.2 Å². The van der Waals surface area contributed by atoms with E-state index in [9.17, 15) is 9.59 Å². The maximum atomic E-state index is 11.7. The standard InChI is InChI=1S/C23H45NO6/c1-5-6-7-8-9-10-11-12-13-14-21(25)29-20-19-28-18-17-27-16-15-24-22(26)30-23(2,3)4/h5-20H2,1-4H3,(H,24,26). The van der Waals surface area contributed by atoms with Gasteiger partial charge in [-0.3, -0.25) is 4.79 Å². The zero-order valence-corrected chi connectivity index (χ0v) is 19.8. The number of rotatable bonds is 19. The molecule has 0 aliphatic carbocycles. The van der Waals surface area contributed by atoms with E-state index in [-0.39, 0.29) is 12.6 Å². The normalized spacial score (nSPS) is 11.3. The number of carbonyl (C=O) groups excluding carboxylic acids is 2. The molecule has 178 valence electrons. The molecule has 0 heterocycles. The van der Waals surface area contributed by atoms with Crippen molar-refractivity contribution in [3.8, 4) is 0 Å². The van der Waals surface area contributed by atoms with Crippen molar-refractivity contribution in [2.45, 2.75) is 97.5 Å². The molecule has 7 heteroatoms. The molecular weight excluding hydrogens is 386 g/mol. The van der Waals surface area contributed by atoms with Crippen molar-refractivity contribution >= 4 is 12.1 Å². The predicted octanol–water partition coefficient (Wildman–Crippen LogP) is 5.01. The predicted molar refractivity (Wildman–Crippen MR) is 119 cm³/mol. The summed E-state index contributed by atoms with van der Waals surface area (Å²) in [7, 11) is 0. The van der Waals surface area contributed by atoms with Crippen molar-refractivity contribution in [1.82, 2.24) is 5.32 Å². The van der Waals surface area contributed by atoms with Crippen molar-refractivity contribution in [2.75, 3.05) is 39.6 Å². The Hall–Kier alpha value is -1.34. The lowest BCUT2D eigenvalue weighted by molar-refractivity contribution is -0.145. The second-order valence-corrected chi connectivity index (χ2v) is 8.45. The molecule has 0 aromatic carbocycles. The van der Waals surface area contributed by atoms with Gasteiger partial charge < -0.3 is 24.3 Å². The highest BCUT2D eigenvalue weighted by Gasteiger charge is 2.15. The quantitative estimate of drug-likeness (QED) is 0.229. The van der Waals surface area contributed by atoms with Gasteiger partial charge in [0.15, 0.2) is 0 Å². The Balaban J connectivity index is 3.27. The summed E-state index contributed by atoms with van der Waals surface area (Å²) in [5.41, 5.74) is -0.504. The smallest absolute Gasteiger partial charge is 0.407 e. The minimum absolute atomic E-state index is 0.147. The topological polar surface area (TPSA) is 83.1 Å². The summed E-state index contributed by atoms with van der Waals surface area (Å²) >= 11 is 0. The Bertz CT molecular complexity index is 422. The van der Waals surface area contributed by atoms with E-state index in [1.165, 1.54) is 44.9 Å². The average molecular weight is 432 g/mol. The minimum atomic E-state index is -0.504. The van der Waals surface area contributed by atoms with Gasteiger partial charge in [0.25, 0.3) is 0 Å². The van der Waals surface area contributed by atoms with E-state index in [2.05, 4.69) is 12.2 Å². The molecule has 0 aromatic heterocycles. The molecule has 1 N–H and O–H groups in total. The average Bonchev–Trinajstić information content (AvgIpc) is 2.66. The van der Waals surface area contributed by atoms with Crippen molar-refractivity contribution in [3.63, 3.8) is 0 Å². The molecule has 0 spiro atoms. The van der Waals surface area contributed by atoms with E-state index in [1.807, 2.05) is 20.8 Å². The first kappa shape index (κ1) is 28.7. The van der Waals surface area contributed by atoms with E-state index in [4.69, 9.17) is 18.9 Å². The fraction of sp³-hybridized carbons (Fsp3) is 0.913. The van der Waals surface area contributed by atoms with Gasteiger partial charge in [-0.25, -0.2) is 4.79 Å². The second kappa shape index (κ2) is 19.6. The van der Waals surface area contributed by atoms with Crippen LogP contribution < -0.4 is 5.32 Å². The van der Waals surface area contributed by atoms with Crippen LogP contribution in [0.5, 0.6) is 0 Å². The van der Waals surface area contributed by atoms with Crippen LogP contribution in [0.15, 0.2) is 0 Å². The van der Waals surface area contributed by atoms with Crippen LogP contribution in [0.3, 0.4) is 0 Å². The first-order chi connectivity index (χ1) is 14.3. The molecule has 7 nitrogen and oxygen atoms in total. The summed E-state index contributed by atoms with van der Waals surface area (Å²) in [6.45, 7) is 9.92. The van der Waals surface area contributed by atoms with Gasteiger partial charge in [0.05, 0.1) is 26.4 Å². The van der Waals surface area contributed by atoms with Gasteiger partial charge in [-0.2, -0.15) is 0 Å². The molecule has 0 aliphatic rings. The van der Waals surface area contributed by atoms with Crippen LogP contribution in [0, 0.1) is 0 Å². The number of ether oxygens (including phenoxy) is 4. The highest BCUT2D eigenvalue weighted by atomic mass is 16.6. The van der Waals surface area contributed by atoms with Crippen LogP contribution in [0.2, 0.25) is 0 Å². The molecule has 0 aliphatic heterocycles. The van der Waals surface area contributed by atoms with Crippen molar-refractivity contribution < 1.29 is 28.5 Å². The second-order valence-electron chi connectivity index (χ2n) is 8.45. The number of unbranched alkanes of at least 4 members (excludes halogenated alkanes) is 8. The van der Waals surface area contributed by atoms with E-state index in [1.54, 1.807) is 0 Å². The van der Waals surface area contributed by atoms with Gasteiger partial charge in [0, 0.05) is 13.0 Å². The molecule has 0 bridgehead atoms. The summed E-state index contributed by atoms with van der Waals surface area (Å²) in [6.07, 6.45) is 11.1. The van der Waals surface area contributed by atoms with E-state index in [0.29, 0.717) is 39.4 Å². The van der Waals surface area contributed by atoms with Crippen molar-refractivity contribution in [3.05, 3.63) is 0 Å². The Morgan fingerprint density at radius 2 is 1.27 bits per heavy atom. The highest BCUT2D eigenvalue weighted by molar-refractivity contribution is 5.69. The molecule has 0 saturated heterocycles. The molecule has 0 aromatic rings. The molecule has 1 amide bonds. The third-order valence-electron chi connectivity index (χ3n) is 4.26. The van der Waals surface area contributed by atoms with Crippen LogP contribution in [0.25, 0.3) is 0 Å². The molecule has 0 unspecified atom stereocenters. The molecule has 0 atom stereocenters. The van der Waals surface area contributed by atoms with Gasteiger partial charge in [-0.05, 0) is 27.2 Å². The molecule has 0 fully saturated rings. The van der Waals surface area contributed by atoms with Gasteiger partial charge in [-0.15, -0.1) is 0 Å². The first-order valence-electron chi connectivity index (χ1n) is 11.6. The third-order valence-corrected chi connectivity index (χ3v) is 4.26. The van der Waals surface area contributed by atoms with Gasteiger partial charge in [0.2, 0.25) is 0 Å². The summed E-state index contributed by atoms with van der Waals surface area (Å²) < 4.78 is 21.0.